The lowest BCUT2D eigenvalue weighted by molar-refractivity contribution is -0.00105. The zero-order chi connectivity index (χ0) is 12.1. The average Bonchev–Trinajstić information content (AvgIpc) is 2.39. The number of aliphatic hydroxyl groups is 1. The van der Waals surface area contributed by atoms with E-state index in [2.05, 4.69) is 4.90 Å². The molecule has 0 saturated carbocycles. The summed E-state index contributed by atoms with van der Waals surface area (Å²) in [5.74, 6) is 0. The van der Waals surface area contributed by atoms with Crippen LogP contribution in [-0.2, 0) is 10.5 Å². The molecule has 1 aliphatic heterocycles. The number of benzene rings is 1. The molecule has 3 N–H and O–H groups in total. The molecule has 0 radical (unpaired) electrons. The molecule has 94 valence electrons. The highest BCUT2D eigenvalue weighted by molar-refractivity contribution is 5.20. The van der Waals surface area contributed by atoms with Gasteiger partial charge in [-0.2, -0.15) is 0 Å². The van der Waals surface area contributed by atoms with Gasteiger partial charge in [0.15, 0.2) is 0 Å². The van der Waals surface area contributed by atoms with Crippen molar-refractivity contribution in [2.24, 2.45) is 5.73 Å². The van der Waals surface area contributed by atoms with E-state index in [9.17, 15) is 5.11 Å². The molecule has 1 saturated heterocycles. The monoisotopic (exact) mass is 236 g/mol. The maximum Gasteiger partial charge on any atom is 0.140 e. The van der Waals surface area contributed by atoms with Crippen molar-refractivity contribution in [3.05, 3.63) is 35.9 Å². The Hall–Kier alpha value is -0.940. The van der Waals surface area contributed by atoms with Crippen molar-refractivity contribution >= 4 is 0 Å². The van der Waals surface area contributed by atoms with Gasteiger partial charge in [0.2, 0.25) is 0 Å². The average molecular weight is 236 g/mol. The predicted molar refractivity (Wildman–Crippen MR) is 66.4 cm³/mol. The van der Waals surface area contributed by atoms with E-state index in [0.29, 0.717) is 6.42 Å². The van der Waals surface area contributed by atoms with Gasteiger partial charge in [-0.05, 0) is 5.56 Å². The molecule has 1 aromatic carbocycles. The zero-order valence-corrected chi connectivity index (χ0v) is 10.0. The lowest BCUT2D eigenvalue weighted by Gasteiger charge is -2.30. The predicted octanol–water partition coefficient (Wildman–Crippen LogP) is 0.513. The van der Waals surface area contributed by atoms with Gasteiger partial charge in [-0.3, -0.25) is 10.6 Å². The highest BCUT2D eigenvalue weighted by Crippen LogP contribution is 2.19. The SMILES string of the molecule is NC(O)(CCN1CCOCC1)c1ccccc1. The van der Waals surface area contributed by atoms with Crippen LogP contribution in [0.3, 0.4) is 0 Å². The van der Waals surface area contributed by atoms with Crippen molar-refractivity contribution in [2.75, 3.05) is 32.8 Å². The van der Waals surface area contributed by atoms with Gasteiger partial charge in [-0.1, -0.05) is 30.3 Å². The summed E-state index contributed by atoms with van der Waals surface area (Å²) < 4.78 is 5.28. The van der Waals surface area contributed by atoms with E-state index in [1.165, 1.54) is 0 Å². The Labute approximate surface area is 102 Å². The molecule has 0 amide bonds. The quantitative estimate of drug-likeness (QED) is 0.748. The van der Waals surface area contributed by atoms with Crippen LogP contribution in [0.2, 0.25) is 0 Å². The van der Waals surface area contributed by atoms with Crippen LogP contribution in [0, 0.1) is 0 Å². The standard InChI is InChI=1S/C13H20N2O2/c14-13(16,12-4-2-1-3-5-12)6-7-15-8-10-17-11-9-15/h1-5,16H,6-11,14H2. The largest absolute Gasteiger partial charge is 0.379 e. The molecular weight excluding hydrogens is 216 g/mol. The fraction of sp³-hybridized carbons (Fsp3) is 0.538. The van der Waals surface area contributed by atoms with Crippen molar-refractivity contribution in [2.45, 2.75) is 12.1 Å². The first-order chi connectivity index (χ1) is 8.18. The lowest BCUT2D eigenvalue weighted by Crippen LogP contribution is -2.43. The fourth-order valence-corrected chi connectivity index (χ4v) is 2.02. The number of rotatable bonds is 4. The third kappa shape index (κ3) is 3.51. The molecule has 17 heavy (non-hydrogen) atoms. The van der Waals surface area contributed by atoms with Crippen LogP contribution in [0.1, 0.15) is 12.0 Å². The molecule has 2 rings (SSSR count). The Kier molecular flexibility index (Phi) is 4.12. The molecule has 1 heterocycles. The number of hydrogen-bond acceptors (Lipinski definition) is 4. The van der Waals surface area contributed by atoms with Crippen LogP contribution in [-0.4, -0.2) is 42.9 Å². The van der Waals surface area contributed by atoms with Crippen LogP contribution < -0.4 is 5.73 Å². The van der Waals surface area contributed by atoms with Crippen molar-refractivity contribution < 1.29 is 9.84 Å². The summed E-state index contributed by atoms with van der Waals surface area (Å²) in [7, 11) is 0. The van der Waals surface area contributed by atoms with Gasteiger partial charge >= 0.3 is 0 Å². The summed E-state index contributed by atoms with van der Waals surface area (Å²) in [4.78, 5) is 2.27. The number of nitrogens with two attached hydrogens (primary N) is 1. The van der Waals surface area contributed by atoms with Crippen molar-refractivity contribution in [1.82, 2.24) is 4.90 Å². The highest BCUT2D eigenvalue weighted by Gasteiger charge is 2.24. The molecule has 1 unspecified atom stereocenters. The molecule has 1 fully saturated rings. The van der Waals surface area contributed by atoms with E-state index >= 15 is 0 Å². The van der Waals surface area contributed by atoms with Crippen LogP contribution >= 0.6 is 0 Å². The summed E-state index contributed by atoms with van der Waals surface area (Å²) in [5, 5.41) is 10.2. The lowest BCUT2D eigenvalue weighted by atomic mass is 10.00. The second-order valence-electron chi connectivity index (χ2n) is 4.49. The van der Waals surface area contributed by atoms with E-state index in [1.807, 2.05) is 30.3 Å². The summed E-state index contributed by atoms with van der Waals surface area (Å²) in [5.41, 5.74) is 5.49. The van der Waals surface area contributed by atoms with Gasteiger partial charge in [-0.25, -0.2) is 0 Å². The number of hydrogen-bond donors (Lipinski definition) is 2. The molecule has 4 nitrogen and oxygen atoms in total. The molecule has 1 atom stereocenters. The Balaban J connectivity index is 1.88. The molecule has 4 heteroatoms. The van der Waals surface area contributed by atoms with E-state index in [1.54, 1.807) is 0 Å². The topological polar surface area (TPSA) is 58.7 Å². The Bertz CT molecular complexity index is 335. The molecule has 1 aliphatic rings. The fourth-order valence-electron chi connectivity index (χ4n) is 2.02. The second kappa shape index (κ2) is 5.60. The summed E-state index contributed by atoms with van der Waals surface area (Å²) >= 11 is 0. The Morgan fingerprint density at radius 2 is 1.88 bits per heavy atom. The van der Waals surface area contributed by atoms with Crippen molar-refractivity contribution in [1.29, 1.82) is 0 Å². The molecular formula is C13H20N2O2. The molecule has 0 spiro atoms. The maximum atomic E-state index is 10.2. The summed E-state index contributed by atoms with van der Waals surface area (Å²) in [6.45, 7) is 4.18. The Morgan fingerprint density at radius 3 is 2.53 bits per heavy atom. The van der Waals surface area contributed by atoms with Crippen molar-refractivity contribution in [3.8, 4) is 0 Å². The van der Waals surface area contributed by atoms with E-state index in [4.69, 9.17) is 10.5 Å². The van der Waals surface area contributed by atoms with Gasteiger partial charge in [-0.15, -0.1) is 0 Å². The molecule has 1 aromatic rings. The van der Waals surface area contributed by atoms with Gasteiger partial charge < -0.3 is 9.84 Å². The minimum atomic E-state index is -1.24. The molecule has 0 aliphatic carbocycles. The maximum absolute atomic E-state index is 10.2. The minimum absolute atomic E-state index is 0.539. The van der Waals surface area contributed by atoms with Gasteiger partial charge in [0.25, 0.3) is 0 Å². The van der Waals surface area contributed by atoms with Gasteiger partial charge in [0, 0.05) is 26.1 Å². The normalized spacial score (nSPS) is 21.1. The first-order valence-electron chi connectivity index (χ1n) is 6.05. The third-order valence-electron chi connectivity index (χ3n) is 3.19. The van der Waals surface area contributed by atoms with Crippen molar-refractivity contribution in [3.63, 3.8) is 0 Å². The van der Waals surface area contributed by atoms with Crippen LogP contribution in [0.15, 0.2) is 30.3 Å². The first kappa shape index (κ1) is 12.5. The van der Waals surface area contributed by atoms with E-state index in [-0.39, 0.29) is 0 Å². The first-order valence-corrected chi connectivity index (χ1v) is 6.05. The van der Waals surface area contributed by atoms with Crippen LogP contribution in [0.4, 0.5) is 0 Å². The van der Waals surface area contributed by atoms with Gasteiger partial charge in [0.1, 0.15) is 5.72 Å². The highest BCUT2D eigenvalue weighted by atomic mass is 16.5. The zero-order valence-electron chi connectivity index (χ0n) is 10.0. The minimum Gasteiger partial charge on any atom is -0.379 e. The number of nitrogens with zero attached hydrogens (tertiary/aromatic N) is 1. The van der Waals surface area contributed by atoms with E-state index in [0.717, 1.165) is 38.4 Å². The molecule has 0 aromatic heterocycles. The second-order valence-corrected chi connectivity index (χ2v) is 4.49. The summed E-state index contributed by atoms with van der Waals surface area (Å²) in [6.07, 6.45) is 0.539. The van der Waals surface area contributed by atoms with Crippen LogP contribution in [0.5, 0.6) is 0 Å². The van der Waals surface area contributed by atoms with Gasteiger partial charge in [0.05, 0.1) is 13.2 Å². The Morgan fingerprint density at radius 1 is 1.24 bits per heavy atom. The van der Waals surface area contributed by atoms with Crippen LogP contribution in [0.25, 0.3) is 0 Å². The third-order valence-corrected chi connectivity index (χ3v) is 3.19. The molecule has 0 bridgehead atoms. The summed E-state index contributed by atoms with van der Waals surface area (Å²) in [6, 6.07) is 9.42. The smallest absolute Gasteiger partial charge is 0.140 e. The van der Waals surface area contributed by atoms with E-state index < -0.39 is 5.72 Å². The number of ether oxygens (including phenoxy) is 1. The number of morpholine rings is 1.